The van der Waals surface area contributed by atoms with Crippen LogP contribution in [-0.2, 0) is 11.4 Å². The molecular weight excluding hydrogens is 532 g/mol. The normalized spacial score (nSPS) is 11.1. The highest BCUT2D eigenvalue weighted by molar-refractivity contribution is 9.10. The van der Waals surface area contributed by atoms with Gasteiger partial charge in [-0.1, -0.05) is 36.4 Å². The Morgan fingerprint density at radius 1 is 1.03 bits per heavy atom. The van der Waals surface area contributed by atoms with Gasteiger partial charge in [-0.05, 0) is 87.2 Å². The minimum Gasteiger partial charge on any atom is -0.497 e. The van der Waals surface area contributed by atoms with Crippen molar-refractivity contribution in [2.75, 3.05) is 19.5 Å². The summed E-state index contributed by atoms with van der Waals surface area (Å²) >= 11 is 3.57. The number of aryl methyl sites for hydroxylation is 1. The maximum Gasteiger partial charge on any atom is 0.266 e. The molecule has 0 spiro atoms. The van der Waals surface area contributed by atoms with Crippen molar-refractivity contribution in [2.45, 2.75) is 13.5 Å². The Hall–Kier alpha value is -4.28. The molecule has 37 heavy (non-hydrogen) atoms. The standard InChI is InChI=1S/C30H25BrN2O4/c1-19-8-9-21-6-4-5-7-25(21)26(19)18-37-29-27(31)15-20(16-28(29)36-3)14-22(17-32)30(34)33-23-10-12-24(35-2)13-11-23/h4-16H,18H2,1-3H3,(H,33,34)/b22-14+. The Morgan fingerprint density at radius 2 is 1.78 bits per heavy atom. The number of hydrogen-bond acceptors (Lipinski definition) is 5. The van der Waals surface area contributed by atoms with E-state index in [4.69, 9.17) is 14.2 Å². The first-order valence-corrected chi connectivity index (χ1v) is 12.3. The van der Waals surface area contributed by atoms with E-state index in [-0.39, 0.29) is 5.57 Å². The topological polar surface area (TPSA) is 80.6 Å². The van der Waals surface area contributed by atoms with Crippen molar-refractivity contribution in [3.05, 3.63) is 99.5 Å². The number of benzene rings is 4. The van der Waals surface area contributed by atoms with Crippen molar-refractivity contribution in [1.82, 2.24) is 0 Å². The first-order chi connectivity index (χ1) is 17.9. The third-order valence-electron chi connectivity index (χ3n) is 5.91. The van der Waals surface area contributed by atoms with Gasteiger partial charge in [0.15, 0.2) is 11.5 Å². The Morgan fingerprint density at radius 3 is 2.49 bits per heavy atom. The molecule has 186 valence electrons. The van der Waals surface area contributed by atoms with E-state index < -0.39 is 5.91 Å². The van der Waals surface area contributed by atoms with Gasteiger partial charge in [-0.25, -0.2) is 0 Å². The molecule has 1 N–H and O–H groups in total. The highest BCUT2D eigenvalue weighted by Gasteiger charge is 2.15. The van der Waals surface area contributed by atoms with Crippen LogP contribution in [0.4, 0.5) is 5.69 Å². The van der Waals surface area contributed by atoms with Gasteiger partial charge in [0, 0.05) is 11.3 Å². The summed E-state index contributed by atoms with van der Waals surface area (Å²) in [6, 6.07) is 24.7. The molecule has 0 aliphatic carbocycles. The highest BCUT2D eigenvalue weighted by Crippen LogP contribution is 2.38. The van der Waals surface area contributed by atoms with Gasteiger partial charge in [0.2, 0.25) is 0 Å². The average molecular weight is 557 g/mol. The summed E-state index contributed by atoms with van der Waals surface area (Å²) in [5.74, 6) is 1.16. The molecule has 0 saturated carbocycles. The van der Waals surface area contributed by atoms with Crippen LogP contribution < -0.4 is 19.5 Å². The monoisotopic (exact) mass is 556 g/mol. The summed E-state index contributed by atoms with van der Waals surface area (Å²) in [5, 5.41) is 14.6. The van der Waals surface area contributed by atoms with Gasteiger partial charge in [-0.3, -0.25) is 4.79 Å². The Kier molecular flexibility index (Phi) is 8.11. The highest BCUT2D eigenvalue weighted by atomic mass is 79.9. The molecule has 4 aromatic rings. The van der Waals surface area contributed by atoms with Gasteiger partial charge in [-0.15, -0.1) is 0 Å². The van der Waals surface area contributed by atoms with Crippen LogP contribution in [0.25, 0.3) is 16.8 Å². The summed E-state index contributed by atoms with van der Waals surface area (Å²) in [6.45, 7) is 2.41. The molecular formula is C30H25BrN2O4. The second-order valence-corrected chi connectivity index (χ2v) is 9.11. The van der Waals surface area contributed by atoms with Crippen molar-refractivity contribution in [3.63, 3.8) is 0 Å². The van der Waals surface area contributed by atoms with E-state index in [1.165, 1.54) is 6.08 Å². The van der Waals surface area contributed by atoms with Gasteiger partial charge in [-0.2, -0.15) is 5.26 Å². The zero-order valence-electron chi connectivity index (χ0n) is 20.7. The first-order valence-electron chi connectivity index (χ1n) is 11.5. The molecule has 6 nitrogen and oxygen atoms in total. The second-order valence-electron chi connectivity index (χ2n) is 8.26. The van der Waals surface area contributed by atoms with Crippen molar-refractivity contribution in [3.8, 4) is 23.3 Å². The van der Waals surface area contributed by atoms with Gasteiger partial charge in [0.25, 0.3) is 5.91 Å². The SMILES string of the molecule is COc1ccc(NC(=O)/C(C#N)=C/c2cc(Br)c(OCc3c(C)ccc4ccccc34)c(OC)c2)cc1. The minimum absolute atomic E-state index is 0.0511. The van der Waals surface area contributed by atoms with E-state index in [1.54, 1.807) is 50.6 Å². The number of rotatable bonds is 8. The predicted molar refractivity (Wildman–Crippen MR) is 149 cm³/mol. The van der Waals surface area contributed by atoms with Gasteiger partial charge in [0.05, 0.1) is 18.7 Å². The van der Waals surface area contributed by atoms with Crippen molar-refractivity contribution in [2.24, 2.45) is 0 Å². The lowest BCUT2D eigenvalue weighted by atomic mass is 10.0. The molecule has 0 unspecified atom stereocenters. The molecule has 0 aromatic heterocycles. The van der Waals surface area contributed by atoms with Crippen LogP contribution in [0.15, 0.2) is 82.8 Å². The van der Waals surface area contributed by atoms with Crippen LogP contribution in [0.5, 0.6) is 17.2 Å². The van der Waals surface area contributed by atoms with E-state index >= 15 is 0 Å². The Labute approximate surface area is 224 Å². The van der Waals surface area contributed by atoms with Crippen LogP contribution in [0, 0.1) is 18.3 Å². The Balaban J connectivity index is 1.57. The van der Waals surface area contributed by atoms with E-state index in [2.05, 4.69) is 52.4 Å². The maximum absolute atomic E-state index is 12.7. The van der Waals surface area contributed by atoms with Crippen LogP contribution in [0.1, 0.15) is 16.7 Å². The quantitative estimate of drug-likeness (QED) is 0.186. The van der Waals surface area contributed by atoms with Gasteiger partial charge < -0.3 is 19.5 Å². The number of anilines is 1. The molecule has 0 radical (unpaired) electrons. The van der Waals surface area contributed by atoms with E-state index in [9.17, 15) is 10.1 Å². The van der Waals surface area contributed by atoms with Crippen LogP contribution >= 0.6 is 15.9 Å². The summed E-state index contributed by atoms with van der Waals surface area (Å²) in [7, 11) is 3.12. The molecule has 0 aliphatic rings. The fourth-order valence-electron chi connectivity index (χ4n) is 3.93. The number of nitriles is 1. The molecule has 0 fully saturated rings. The molecule has 4 rings (SSSR count). The molecule has 0 atom stereocenters. The molecule has 0 heterocycles. The average Bonchev–Trinajstić information content (AvgIpc) is 2.92. The lowest BCUT2D eigenvalue weighted by Crippen LogP contribution is -2.13. The summed E-state index contributed by atoms with van der Waals surface area (Å²) in [4.78, 5) is 12.7. The van der Waals surface area contributed by atoms with E-state index in [0.29, 0.717) is 39.6 Å². The van der Waals surface area contributed by atoms with Crippen LogP contribution in [0.2, 0.25) is 0 Å². The second kappa shape index (κ2) is 11.6. The van der Waals surface area contributed by atoms with E-state index in [1.807, 2.05) is 18.2 Å². The number of ether oxygens (including phenoxy) is 3. The molecule has 0 saturated heterocycles. The molecule has 7 heteroatoms. The van der Waals surface area contributed by atoms with E-state index in [0.717, 1.165) is 21.9 Å². The third-order valence-corrected chi connectivity index (χ3v) is 6.50. The third kappa shape index (κ3) is 5.93. The number of nitrogens with one attached hydrogen (secondary N) is 1. The predicted octanol–water partition coefficient (Wildman–Crippen LogP) is 7.05. The fraction of sp³-hybridized carbons (Fsp3) is 0.133. The van der Waals surface area contributed by atoms with Crippen LogP contribution in [0.3, 0.4) is 0 Å². The van der Waals surface area contributed by atoms with Crippen molar-refractivity contribution >= 4 is 44.4 Å². The minimum atomic E-state index is -0.519. The number of halogens is 1. The largest absolute Gasteiger partial charge is 0.497 e. The van der Waals surface area contributed by atoms with Crippen molar-refractivity contribution < 1.29 is 19.0 Å². The zero-order chi connectivity index (χ0) is 26.4. The van der Waals surface area contributed by atoms with Gasteiger partial charge >= 0.3 is 0 Å². The fourth-order valence-corrected chi connectivity index (χ4v) is 4.51. The number of hydrogen-bond donors (Lipinski definition) is 1. The summed E-state index contributed by atoms with van der Waals surface area (Å²) in [5.41, 5.74) is 3.34. The molecule has 4 aromatic carbocycles. The number of methoxy groups -OCH3 is 2. The maximum atomic E-state index is 12.7. The molecule has 1 amide bonds. The Bertz CT molecular complexity index is 1520. The molecule has 0 aliphatic heterocycles. The smallest absolute Gasteiger partial charge is 0.266 e. The van der Waals surface area contributed by atoms with Gasteiger partial charge in [0.1, 0.15) is 24.0 Å². The first kappa shape index (κ1) is 25.8. The lowest BCUT2D eigenvalue weighted by molar-refractivity contribution is -0.112. The molecule has 0 bridgehead atoms. The number of carbonyl (C=O) groups is 1. The number of fused-ring (bicyclic) bond motifs is 1. The number of carbonyl (C=O) groups excluding carboxylic acids is 1. The number of amides is 1. The zero-order valence-corrected chi connectivity index (χ0v) is 22.3. The van der Waals surface area contributed by atoms with Crippen molar-refractivity contribution in [1.29, 1.82) is 5.26 Å². The lowest BCUT2D eigenvalue weighted by Gasteiger charge is -2.16. The summed E-state index contributed by atoms with van der Waals surface area (Å²) in [6.07, 6.45) is 1.50. The number of nitrogens with zero attached hydrogens (tertiary/aromatic N) is 1. The van der Waals surface area contributed by atoms with Crippen LogP contribution in [-0.4, -0.2) is 20.1 Å². The summed E-state index contributed by atoms with van der Waals surface area (Å²) < 4.78 is 17.6.